The molecule has 0 fully saturated rings. The third kappa shape index (κ3) is 3.72. The summed E-state index contributed by atoms with van der Waals surface area (Å²) in [5, 5.41) is 8.75. The van der Waals surface area contributed by atoms with Gasteiger partial charge >= 0.3 is 5.97 Å². The molecule has 0 saturated heterocycles. The van der Waals surface area contributed by atoms with Crippen molar-refractivity contribution in [3.05, 3.63) is 24.7 Å². The summed E-state index contributed by atoms with van der Waals surface area (Å²) in [6.07, 6.45) is 2.48. The molecule has 0 aromatic carbocycles. The van der Waals surface area contributed by atoms with Crippen molar-refractivity contribution in [2.75, 3.05) is 0 Å². The van der Waals surface area contributed by atoms with Crippen LogP contribution in [-0.4, -0.2) is 11.1 Å². The van der Waals surface area contributed by atoms with E-state index in [-0.39, 0.29) is 5.76 Å². The molecule has 0 aromatic rings. The van der Waals surface area contributed by atoms with E-state index >= 15 is 0 Å². The van der Waals surface area contributed by atoms with Gasteiger partial charge in [-0.1, -0.05) is 13.5 Å². The molecule has 56 valence electrons. The Kier molecular flexibility index (Phi) is 4.04. The first-order valence-corrected chi connectivity index (χ1v) is 2.91. The van der Waals surface area contributed by atoms with Gasteiger partial charge in [-0.2, -0.15) is 0 Å². The molecule has 0 rings (SSSR count). The van der Waals surface area contributed by atoms with Crippen LogP contribution < -0.4 is 0 Å². The van der Waals surface area contributed by atoms with Crippen molar-refractivity contribution in [3.8, 4) is 0 Å². The Morgan fingerprint density at radius 3 is 2.80 bits per heavy atom. The van der Waals surface area contributed by atoms with Gasteiger partial charge in [-0.3, -0.25) is 0 Å². The molecular formula is C7H10O3. The van der Waals surface area contributed by atoms with Gasteiger partial charge in [0.1, 0.15) is 12.0 Å². The smallest absolute Gasteiger partial charge is 0.335 e. The fourth-order valence-electron chi connectivity index (χ4n) is 0.258. The third-order valence-electron chi connectivity index (χ3n) is 0.840. The summed E-state index contributed by atoms with van der Waals surface area (Å²) in [6, 6.07) is 0. The van der Waals surface area contributed by atoms with Crippen LogP contribution in [-0.2, 0) is 9.53 Å². The van der Waals surface area contributed by atoms with Crippen LogP contribution in [0.3, 0.4) is 0 Å². The van der Waals surface area contributed by atoms with Gasteiger partial charge in [0.25, 0.3) is 0 Å². The minimum Gasteiger partial charge on any atom is -0.509 e. The summed E-state index contributed by atoms with van der Waals surface area (Å²) in [5.41, 5.74) is 0. The highest BCUT2D eigenvalue weighted by atomic mass is 16.5. The Morgan fingerprint density at radius 1 is 1.80 bits per heavy atom. The van der Waals surface area contributed by atoms with Gasteiger partial charge in [-0.25, -0.2) is 4.79 Å². The van der Waals surface area contributed by atoms with Gasteiger partial charge in [0.15, 0.2) is 0 Å². The Labute approximate surface area is 59.6 Å². The largest absolute Gasteiger partial charge is 0.509 e. The molecule has 0 radical (unpaired) electrons. The van der Waals surface area contributed by atoms with E-state index in [4.69, 9.17) is 5.11 Å². The summed E-state index contributed by atoms with van der Waals surface area (Å²) in [4.78, 5) is 10.3. The van der Waals surface area contributed by atoms with Crippen molar-refractivity contribution >= 4 is 5.97 Å². The molecule has 0 aliphatic rings. The monoisotopic (exact) mass is 142 g/mol. The maximum absolute atomic E-state index is 10.3. The summed E-state index contributed by atoms with van der Waals surface area (Å²) >= 11 is 0. The first-order chi connectivity index (χ1) is 4.70. The fourth-order valence-corrected chi connectivity index (χ4v) is 0.258. The van der Waals surface area contributed by atoms with E-state index in [2.05, 4.69) is 11.3 Å². The van der Waals surface area contributed by atoms with Crippen LogP contribution in [0.5, 0.6) is 0 Å². The zero-order valence-electron chi connectivity index (χ0n) is 5.83. The summed E-state index contributed by atoms with van der Waals surface area (Å²) in [6.45, 7) is 4.92. The van der Waals surface area contributed by atoms with Crippen LogP contribution in [0.2, 0.25) is 0 Å². The molecule has 0 heterocycles. The topological polar surface area (TPSA) is 46.5 Å². The summed E-state index contributed by atoms with van der Waals surface area (Å²) in [5.74, 6) is -0.532. The second-order valence-corrected chi connectivity index (χ2v) is 1.60. The lowest BCUT2D eigenvalue weighted by atomic mass is 10.4. The average molecular weight is 142 g/mol. The van der Waals surface area contributed by atoms with E-state index in [1.54, 1.807) is 6.92 Å². The zero-order valence-corrected chi connectivity index (χ0v) is 5.83. The van der Waals surface area contributed by atoms with Crippen LogP contribution in [0.4, 0.5) is 0 Å². The Hall–Kier alpha value is -1.25. The molecule has 0 atom stereocenters. The molecule has 0 unspecified atom stereocenters. The highest BCUT2D eigenvalue weighted by Gasteiger charge is 1.92. The van der Waals surface area contributed by atoms with Gasteiger partial charge in [0.05, 0.1) is 0 Å². The Morgan fingerprint density at radius 2 is 2.40 bits per heavy atom. The minimum absolute atomic E-state index is 0.0372. The van der Waals surface area contributed by atoms with Crippen LogP contribution in [0, 0.1) is 0 Å². The van der Waals surface area contributed by atoms with Gasteiger partial charge in [-0.05, 0) is 0 Å². The highest BCUT2D eigenvalue weighted by Crippen LogP contribution is 1.94. The quantitative estimate of drug-likeness (QED) is 0.369. The van der Waals surface area contributed by atoms with Gasteiger partial charge in [0.2, 0.25) is 0 Å². The number of aliphatic hydroxyl groups is 1. The second kappa shape index (κ2) is 4.61. The fraction of sp³-hybridized carbons (Fsp3) is 0.286. The Balaban J connectivity index is 3.71. The first-order valence-electron chi connectivity index (χ1n) is 2.91. The van der Waals surface area contributed by atoms with Crippen LogP contribution in [0.25, 0.3) is 0 Å². The van der Waals surface area contributed by atoms with Crippen molar-refractivity contribution in [2.45, 2.75) is 13.3 Å². The molecule has 0 amide bonds. The van der Waals surface area contributed by atoms with Crippen LogP contribution in [0.1, 0.15) is 13.3 Å². The highest BCUT2D eigenvalue weighted by molar-refractivity contribution is 5.81. The minimum atomic E-state index is -0.569. The van der Waals surface area contributed by atoms with Crippen molar-refractivity contribution < 1.29 is 14.6 Å². The van der Waals surface area contributed by atoms with Gasteiger partial charge < -0.3 is 9.84 Å². The van der Waals surface area contributed by atoms with Gasteiger partial charge in [-0.15, -0.1) is 0 Å². The second-order valence-electron chi connectivity index (χ2n) is 1.60. The van der Waals surface area contributed by atoms with E-state index in [0.29, 0.717) is 6.42 Å². The Bertz CT molecular complexity index is 158. The zero-order chi connectivity index (χ0) is 7.98. The first kappa shape index (κ1) is 8.75. The molecule has 10 heavy (non-hydrogen) atoms. The molecule has 3 nitrogen and oxygen atoms in total. The van der Waals surface area contributed by atoms with E-state index in [9.17, 15) is 4.79 Å². The standard InChI is InChI=1S/C7H10O3/c1-3-6(8)5-10-7(9)4-2/h4-5,8H,2-3H2,1H3/b6-5-. The predicted molar refractivity (Wildman–Crippen MR) is 37.3 cm³/mol. The summed E-state index contributed by atoms with van der Waals surface area (Å²) < 4.78 is 4.37. The number of carbonyl (C=O) groups is 1. The van der Waals surface area contributed by atoms with Crippen molar-refractivity contribution in [1.29, 1.82) is 0 Å². The number of hydrogen-bond donors (Lipinski definition) is 1. The normalized spacial score (nSPS) is 10.7. The number of allylic oxidation sites excluding steroid dienone is 1. The number of rotatable bonds is 3. The van der Waals surface area contributed by atoms with E-state index in [1.165, 1.54) is 0 Å². The van der Waals surface area contributed by atoms with Crippen LogP contribution in [0.15, 0.2) is 24.7 Å². The molecular weight excluding hydrogens is 132 g/mol. The number of esters is 1. The maximum atomic E-state index is 10.3. The molecule has 0 bridgehead atoms. The van der Waals surface area contributed by atoms with Crippen molar-refractivity contribution in [3.63, 3.8) is 0 Å². The lowest BCUT2D eigenvalue weighted by molar-refractivity contribution is -0.132. The van der Waals surface area contributed by atoms with E-state index in [0.717, 1.165) is 12.3 Å². The molecule has 0 aliphatic carbocycles. The molecule has 0 aromatic heterocycles. The number of aliphatic hydroxyl groups excluding tert-OH is 1. The molecule has 0 spiro atoms. The van der Waals surface area contributed by atoms with E-state index < -0.39 is 5.97 Å². The molecule has 1 N–H and O–H groups in total. The number of hydrogen-bond acceptors (Lipinski definition) is 3. The number of ether oxygens (including phenoxy) is 1. The predicted octanol–water partition coefficient (Wildman–Crippen LogP) is 1.52. The van der Waals surface area contributed by atoms with Crippen molar-refractivity contribution in [2.24, 2.45) is 0 Å². The lowest BCUT2D eigenvalue weighted by Gasteiger charge is -1.93. The maximum Gasteiger partial charge on any atom is 0.335 e. The number of carbonyl (C=O) groups excluding carboxylic acids is 1. The van der Waals surface area contributed by atoms with E-state index in [1.807, 2.05) is 0 Å². The van der Waals surface area contributed by atoms with Crippen LogP contribution >= 0.6 is 0 Å². The lowest BCUT2D eigenvalue weighted by Crippen LogP contribution is -1.93. The summed E-state index contributed by atoms with van der Waals surface area (Å²) in [7, 11) is 0. The molecule has 3 heteroatoms. The average Bonchev–Trinajstić information content (AvgIpc) is 1.99. The van der Waals surface area contributed by atoms with Gasteiger partial charge in [0, 0.05) is 12.5 Å². The van der Waals surface area contributed by atoms with Crippen molar-refractivity contribution in [1.82, 2.24) is 0 Å². The molecule has 0 aliphatic heterocycles. The SMILES string of the molecule is C=CC(=O)O/C=C(\O)CC. The third-order valence-corrected chi connectivity index (χ3v) is 0.840. The molecule has 0 saturated carbocycles.